The van der Waals surface area contributed by atoms with Gasteiger partial charge in [0.05, 0.1) is 5.71 Å². The Morgan fingerprint density at radius 3 is 2.41 bits per heavy atom. The second-order valence-electron chi connectivity index (χ2n) is 6.74. The standard InChI is InChI=1S/C18H26N2O2/c1-18(2,3)16(15-9-5-4-6-10-15)19-17(21)22-14-13-20-11-7-8-12-20/h4-6,9-10H,7-8,11-14H2,1-3H3. The van der Waals surface area contributed by atoms with Crippen LogP contribution in [-0.4, -0.2) is 42.9 Å². The van der Waals surface area contributed by atoms with Crippen LogP contribution < -0.4 is 0 Å². The summed E-state index contributed by atoms with van der Waals surface area (Å²) in [4.78, 5) is 18.6. The van der Waals surface area contributed by atoms with Crippen LogP contribution >= 0.6 is 0 Å². The number of hydrogen-bond donors (Lipinski definition) is 0. The molecule has 0 spiro atoms. The van der Waals surface area contributed by atoms with Crippen molar-refractivity contribution >= 4 is 11.8 Å². The van der Waals surface area contributed by atoms with Crippen LogP contribution in [0.2, 0.25) is 0 Å². The van der Waals surface area contributed by atoms with Crippen LogP contribution in [0.3, 0.4) is 0 Å². The molecule has 1 saturated heterocycles. The molecule has 1 fully saturated rings. The van der Waals surface area contributed by atoms with Crippen LogP contribution in [0.25, 0.3) is 0 Å². The summed E-state index contributed by atoms with van der Waals surface area (Å²) >= 11 is 0. The number of rotatable bonds is 4. The SMILES string of the molecule is CC(C)(C)C(=NC(=O)OCCN1CCCC1)c1ccccc1. The Bertz CT molecular complexity index is 512. The Labute approximate surface area is 133 Å². The van der Waals surface area contributed by atoms with Gasteiger partial charge in [0.1, 0.15) is 6.61 Å². The molecule has 4 heteroatoms. The Balaban J connectivity index is 1.97. The molecule has 0 atom stereocenters. The molecule has 0 N–H and O–H groups in total. The molecule has 2 rings (SSSR count). The molecule has 120 valence electrons. The number of benzene rings is 1. The first-order chi connectivity index (χ1) is 10.5. The van der Waals surface area contributed by atoms with Crippen LogP contribution in [0.15, 0.2) is 35.3 Å². The highest BCUT2D eigenvalue weighted by atomic mass is 16.5. The maximum atomic E-state index is 12.0. The van der Waals surface area contributed by atoms with Crippen molar-refractivity contribution in [1.29, 1.82) is 0 Å². The number of likely N-dealkylation sites (tertiary alicyclic amines) is 1. The highest BCUT2D eigenvalue weighted by Gasteiger charge is 2.22. The van der Waals surface area contributed by atoms with Gasteiger partial charge >= 0.3 is 6.09 Å². The van der Waals surface area contributed by atoms with E-state index in [0.29, 0.717) is 6.61 Å². The van der Waals surface area contributed by atoms with E-state index in [9.17, 15) is 4.79 Å². The average Bonchev–Trinajstić information content (AvgIpc) is 2.98. The number of nitrogens with zero attached hydrogens (tertiary/aromatic N) is 2. The minimum absolute atomic E-state index is 0.213. The molecule has 1 aliphatic rings. The minimum Gasteiger partial charge on any atom is -0.447 e. The van der Waals surface area contributed by atoms with Crippen LogP contribution in [0.4, 0.5) is 4.79 Å². The van der Waals surface area contributed by atoms with E-state index in [0.717, 1.165) is 30.9 Å². The molecular formula is C18H26N2O2. The zero-order valence-corrected chi connectivity index (χ0v) is 13.8. The number of ether oxygens (including phenoxy) is 1. The van der Waals surface area contributed by atoms with E-state index in [1.807, 2.05) is 30.3 Å². The van der Waals surface area contributed by atoms with Gasteiger partial charge in [-0.3, -0.25) is 4.90 Å². The molecule has 1 amide bonds. The van der Waals surface area contributed by atoms with Crippen molar-refractivity contribution in [2.75, 3.05) is 26.2 Å². The molecule has 1 aromatic carbocycles. The maximum absolute atomic E-state index is 12.0. The molecule has 0 aromatic heterocycles. The van der Waals surface area contributed by atoms with Crippen molar-refractivity contribution in [3.63, 3.8) is 0 Å². The lowest BCUT2D eigenvalue weighted by Gasteiger charge is -2.21. The van der Waals surface area contributed by atoms with Crippen molar-refractivity contribution in [2.24, 2.45) is 10.4 Å². The fourth-order valence-electron chi connectivity index (χ4n) is 2.65. The molecule has 1 aromatic rings. The quantitative estimate of drug-likeness (QED) is 0.795. The highest BCUT2D eigenvalue weighted by molar-refractivity contribution is 6.08. The Kier molecular flexibility index (Phi) is 5.72. The first-order valence-corrected chi connectivity index (χ1v) is 8.00. The lowest BCUT2D eigenvalue weighted by Crippen LogP contribution is -2.26. The molecule has 0 bridgehead atoms. The number of amides is 1. The van der Waals surface area contributed by atoms with Crippen molar-refractivity contribution in [3.8, 4) is 0 Å². The van der Waals surface area contributed by atoms with Gasteiger partial charge in [-0.2, -0.15) is 4.99 Å². The van der Waals surface area contributed by atoms with Gasteiger partial charge < -0.3 is 4.74 Å². The predicted octanol–water partition coefficient (Wildman–Crippen LogP) is 3.75. The Morgan fingerprint density at radius 2 is 1.82 bits per heavy atom. The van der Waals surface area contributed by atoms with E-state index in [-0.39, 0.29) is 5.41 Å². The molecule has 0 unspecified atom stereocenters. The normalized spacial score (nSPS) is 16.8. The van der Waals surface area contributed by atoms with E-state index in [1.54, 1.807) is 0 Å². The summed E-state index contributed by atoms with van der Waals surface area (Å²) < 4.78 is 5.28. The molecule has 0 radical (unpaired) electrons. The van der Waals surface area contributed by atoms with E-state index in [4.69, 9.17) is 4.74 Å². The Morgan fingerprint density at radius 1 is 1.18 bits per heavy atom. The summed E-state index contributed by atoms with van der Waals surface area (Å²) in [5.74, 6) is 0. The molecule has 0 aliphatic carbocycles. The van der Waals surface area contributed by atoms with Crippen LogP contribution in [0, 0.1) is 5.41 Å². The second kappa shape index (κ2) is 7.54. The first-order valence-electron chi connectivity index (χ1n) is 8.00. The summed E-state index contributed by atoms with van der Waals surface area (Å²) in [6, 6.07) is 9.81. The molecule has 1 heterocycles. The summed E-state index contributed by atoms with van der Waals surface area (Å²) in [6.45, 7) is 9.59. The highest BCUT2D eigenvalue weighted by Crippen LogP contribution is 2.22. The molecule has 0 saturated carbocycles. The van der Waals surface area contributed by atoms with Crippen molar-refractivity contribution < 1.29 is 9.53 Å². The number of aliphatic imine (C=N–C) groups is 1. The topological polar surface area (TPSA) is 41.9 Å². The molecular weight excluding hydrogens is 276 g/mol. The van der Waals surface area contributed by atoms with Gasteiger partial charge in [-0.1, -0.05) is 51.1 Å². The minimum atomic E-state index is -0.493. The number of hydrogen-bond acceptors (Lipinski definition) is 3. The smallest absolute Gasteiger partial charge is 0.433 e. The fraction of sp³-hybridized carbons (Fsp3) is 0.556. The van der Waals surface area contributed by atoms with Crippen molar-refractivity contribution in [1.82, 2.24) is 4.90 Å². The predicted molar refractivity (Wildman–Crippen MR) is 89.5 cm³/mol. The van der Waals surface area contributed by atoms with Crippen LogP contribution in [0.5, 0.6) is 0 Å². The van der Waals surface area contributed by atoms with Gasteiger partial charge in [0.15, 0.2) is 0 Å². The van der Waals surface area contributed by atoms with E-state index in [1.165, 1.54) is 12.8 Å². The van der Waals surface area contributed by atoms with Gasteiger partial charge in [0, 0.05) is 12.0 Å². The zero-order chi connectivity index (χ0) is 16.0. The number of carbonyl (C=O) groups excluding carboxylic acids is 1. The van der Waals surface area contributed by atoms with Gasteiger partial charge in [0.25, 0.3) is 0 Å². The van der Waals surface area contributed by atoms with Gasteiger partial charge in [-0.05, 0) is 31.5 Å². The average molecular weight is 302 g/mol. The Hall–Kier alpha value is -1.68. The summed E-state index contributed by atoms with van der Waals surface area (Å²) in [6.07, 6.45) is 2.00. The van der Waals surface area contributed by atoms with Crippen LogP contribution in [0.1, 0.15) is 39.2 Å². The molecule has 22 heavy (non-hydrogen) atoms. The maximum Gasteiger partial charge on any atom is 0.433 e. The lowest BCUT2D eigenvalue weighted by atomic mass is 9.85. The zero-order valence-electron chi connectivity index (χ0n) is 13.8. The molecule has 4 nitrogen and oxygen atoms in total. The van der Waals surface area contributed by atoms with E-state index < -0.39 is 6.09 Å². The fourth-order valence-corrected chi connectivity index (χ4v) is 2.65. The lowest BCUT2D eigenvalue weighted by molar-refractivity contribution is 0.142. The largest absolute Gasteiger partial charge is 0.447 e. The van der Waals surface area contributed by atoms with Crippen LogP contribution in [-0.2, 0) is 4.74 Å². The second-order valence-corrected chi connectivity index (χ2v) is 6.74. The van der Waals surface area contributed by atoms with Gasteiger partial charge in [-0.15, -0.1) is 0 Å². The first kappa shape index (κ1) is 16.7. The summed E-state index contributed by atoms with van der Waals surface area (Å²) in [7, 11) is 0. The van der Waals surface area contributed by atoms with E-state index in [2.05, 4.69) is 30.7 Å². The summed E-state index contributed by atoms with van der Waals surface area (Å²) in [5.41, 5.74) is 1.51. The monoisotopic (exact) mass is 302 g/mol. The van der Waals surface area contributed by atoms with Gasteiger partial charge in [-0.25, -0.2) is 4.79 Å². The molecule has 1 aliphatic heterocycles. The van der Waals surface area contributed by atoms with Crippen molar-refractivity contribution in [3.05, 3.63) is 35.9 Å². The third kappa shape index (κ3) is 4.95. The third-order valence-corrected chi connectivity index (χ3v) is 3.79. The van der Waals surface area contributed by atoms with E-state index >= 15 is 0 Å². The van der Waals surface area contributed by atoms with Crippen molar-refractivity contribution in [2.45, 2.75) is 33.6 Å². The number of carbonyl (C=O) groups is 1. The van der Waals surface area contributed by atoms with Gasteiger partial charge in [0.2, 0.25) is 0 Å². The third-order valence-electron chi connectivity index (χ3n) is 3.79. The summed E-state index contributed by atoms with van der Waals surface area (Å²) in [5, 5.41) is 0.